The first kappa shape index (κ1) is 16.5. The first-order valence-electron chi connectivity index (χ1n) is 7.27. The van der Waals surface area contributed by atoms with Gasteiger partial charge in [0.05, 0.1) is 16.9 Å². The molecule has 2 N–H and O–H groups in total. The van der Waals surface area contributed by atoms with E-state index in [4.69, 9.17) is 23.2 Å². The number of nitrogens with one attached hydrogen (secondary N) is 2. The molecule has 0 aliphatic carbocycles. The van der Waals surface area contributed by atoms with E-state index in [1.807, 2.05) is 26.0 Å². The van der Waals surface area contributed by atoms with Gasteiger partial charge in [0.2, 0.25) is 5.95 Å². The summed E-state index contributed by atoms with van der Waals surface area (Å²) >= 11 is 12.1. The fourth-order valence-corrected chi connectivity index (χ4v) is 2.66. The Balaban J connectivity index is 1.82. The molecule has 122 valence electrons. The predicted molar refractivity (Wildman–Crippen MR) is 98.8 cm³/mol. The molecule has 7 heteroatoms. The predicted octanol–water partition coefficient (Wildman–Crippen LogP) is 5.28. The maximum absolute atomic E-state index is 6.14. The lowest BCUT2D eigenvalue weighted by atomic mass is 10.1. The Morgan fingerprint density at radius 3 is 2.42 bits per heavy atom. The Labute approximate surface area is 150 Å². The highest BCUT2D eigenvalue weighted by molar-refractivity contribution is 6.35. The van der Waals surface area contributed by atoms with Gasteiger partial charge in [0, 0.05) is 10.7 Å². The number of anilines is 4. The van der Waals surface area contributed by atoms with Crippen molar-refractivity contribution >= 4 is 46.3 Å². The molecule has 0 aliphatic rings. The SMILES string of the molecule is Cc1cc(C)cc(Nc2cnnc(Nc3cc(Cl)ccc3Cl)n2)c1. The van der Waals surface area contributed by atoms with Crippen molar-refractivity contribution in [3.63, 3.8) is 0 Å². The third kappa shape index (κ3) is 4.13. The molecule has 0 saturated carbocycles. The molecule has 0 spiro atoms. The summed E-state index contributed by atoms with van der Waals surface area (Å²) in [5.41, 5.74) is 3.90. The average Bonchev–Trinajstić information content (AvgIpc) is 2.50. The molecule has 3 rings (SSSR count). The smallest absolute Gasteiger partial charge is 0.249 e. The lowest BCUT2D eigenvalue weighted by Gasteiger charge is -2.10. The normalized spacial score (nSPS) is 10.5. The number of benzene rings is 2. The zero-order chi connectivity index (χ0) is 17.1. The Kier molecular flexibility index (Phi) is 4.83. The standard InChI is InChI=1S/C17H15Cl2N5/c1-10-5-11(2)7-13(6-10)21-16-9-20-24-17(23-16)22-15-8-12(18)3-4-14(15)19/h3-9H,1-2H3,(H2,21,22,23,24). The molecule has 1 heterocycles. The number of aromatic nitrogens is 3. The van der Waals surface area contributed by atoms with Crippen molar-refractivity contribution < 1.29 is 0 Å². The zero-order valence-corrected chi connectivity index (χ0v) is 14.7. The third-order valence-corrected chi connectivity index (χ3v) is 3.79. The van der Waals surface area contributed by atoms with Gasteiger partial charge in [-0.05, 0) is 55.3 Å². The third-order valence-electron chi connectivity index (χ3n) is 3.23. The number of hydrogen-bond donors (Lipinski definition) is 2. The van der Waals surface area contributed by atoms with Gasteiger partial charge in [0.25, 0.3) is 0 Å². The number of aryl methyl sites for hydroxylation is 2. The van der Waals surface area contributed by atoms with E-state index in [-0.39, 0.29) is 0 Å². The molecule has 1 aromatic heterocycles. The Morgan fingerprint density at radius 2 is 1.67 bits per heavy atom. The second kappa shape index (κ2) is 7.03. The summed E-state index contributed by atoms with van der Waals surface area (Å²) in [4.78, 5) is 4.40. The van der Waals surface area contributed by atoms with E-state index in [0.717, 1.165) is 5.69 Å². The van der Waals surface area contributed by atoms with Gasteiger partial charge < -0.3 is 10.6 Å². The van der Waals surface area contributed by atoms with Crippen LogP contribution in [0.15, 0.2) is 42.6 Å². The molecule has 0 aliphatic heterocycles. The van der Waals surface area contributed by atoms with Gasteiger partial charge in [0.15, 0.2) is 5.82 Å². The molecule has 0 saturated heterocycles. The molecular weight excluding hydrogens is 345 g/mol. The summed E-state index contributed by atoms with van der Waals surface area (Å²) in [6, 6.07) is 11.3. The van der Waals surface area contributed by atoms with E-state index < -0.39 is 0 Å². The van der Waals surface area contributed by atoms with E-state index in [2.05, 4.69) is 31.9 Å². The van der Waals surface area contributed by atoms with Gasteiger partial charge in [-0.25, -0.2) is 0 Å². The van der Waals surface area contributed by atoms with Crippen LogP contribution in [0, 0.1) is 13.8 Å². The van der Waals surface area contributed by atoms with Crippen LogP contribution in [-0.2, 0) is 0 Å². The molecule has 3 aromatic rings. The average molecular weight is 360 g/mol. The number of hydrogen-bond acceptors (Lipinski definition) is 5. The van der Waals surface area contributed by atoms with Gasteiger partial charge in [-0.2, -0.15) is 10.1 Å². The van der Waals surface area contributed by atoms with Gasteiger partial charge >= 0.3 is 0 Å². The zero-order valence-electron chi connectivity index (χ0n) is 13.1. The number of rotatable bonds is 4. The fraction of sp³-hybridized carbons (Fsp3) is 0.118. The molecule has 0 radical (unpaired) electrons. The summed E-state index contributed by atoms with van der Waals surface area (Å²) < 4.78 is 0. The van der Waals surface area contributed by atoms with Gasteiger partial charge in [0.1, 0.15) is 0 Å². The molecule has 0 unspecified atom stereocenters. The molecule has 0 fully saturated rings. The van der Waals surface area contributed by atoms with Crippen LogP contribution in [0.1, 0.15) is 11.1 Å². The lowest BCUT2D eigenvalue weighted by molar-refractivity contribution is 0.982. The summed E-state index contributed by atoms with van der Waals surface area (Å²) in [5, 5.41) is 15.3. The molecule has 0 amide bonds. The highest BCUT2D eigenvalue weighted by Crippen LogP contribution is 2.27. The summed E-state index contributed by atoms with van der Waals surface area (Å²) in [5.74, 6) is 0.907. The van der Waals surface area contributed by atoms with Crippen molar-refractivity contribution in [3.8, 4) is 0 Å². The fourth-order valence-electron chi connectivity index (χ4n) is 2.33. The quantitative estimate of drug-likeness (QED) is 0.663. The van der Waals surface area contributed by atoms with E-state index in [9.17, 15) is 0 Å². The molecule has 0 atom stereocenters. The Hall–Kier alpha value is -2.37. The van der Waals surface area contributed by atoms with Crippen molar-refractivity contribution in [1.29, 1.82) is 0 Å². The molecular formula is C17H15Cl2N5. The number of nitrogens with zero attached hydrogens (tertiary/aromatic N) is 3. The molecule has 0 bridgehead atoms. The van der Waals surface area contributed by atoms with E-state index in [0.29, 0.717) is 27.5 Å². The maximum Gasteiger partial charge on any atom is 0.249 e. The molecule has 24 heavy (non-hydrogen) atoms. The van der Waals surface area contributed by atoms with Crippen LogP contribution in [0.3, 0.4) is 0 Å². The second-order valence-electron chi connectivity index (χ2n) is 5.42. The second-order valence-corrected chi connectivity index (χ2v) is 6.26. The van der Waals surface area contributed by atoms with E-state index >= 15 is 0 Å². The maximum atomic E-state index is 6.14. The Morgan fingerprint density at radius 1 is 0.917 bits per heavy atom. The van der Waals surface area contributed by atoms with Crippen molar-refractivity contribution in [1.82, 2.24) is 15.2 Å². The van der Waals surface area contributed by atoms with Crippen molar-refractivity contribution in [3.05, 3.63) is 63.8 Å². The molecule has 2 aromatic carbocycles. The van der Waals surface area contributed by atoms with Crippen LogP contribution in [0.5, 0.6) is 0 Å². The van der Waals surface area contributed by atoms with Crippen LogP contribution in [-0.4, -0.2) is 15.2 Å². The van der Waals surface area contributed by atoms with Crippen molar-refractivity contribution in [2.24, 2.45) is 0 Å². The largest absolute Gasteiger partial charge is 0.339 e. The minimum atomic E-state index is 0.327. The van der Waals surface area contributed by atoms with Crippen LogP contribution in [0.2, 0.25) is 10.0 Å². The lowest BCUT2D eigenvalue weighted by Crippen LogP contribution is -2.03. The van der Waals surface area contributed by atoms with Gasteiger partial charge in [-0.1, -0.05) is 29.3 Å². The van der Waals surface area contributed by atoms with Crippen LogP contribution in [0.25, 0.3) is 0 Å². The first-order valence-corrected chi connectivity index (χ1v) is 8.02. The minimum Gasteiger partial charge on any atom is -0.339 e. The highest BCUT2D eigenvalue weighted by atomic mass is 35.5. The summed E-state index contributed by atoms with van der Waals surface area (Å²) in [6.45, 7) is 4.09. The molecule has 5 nitrogen and oxygen atoms in total. The van der Waals surface area contributed by atoms with Crippen molar-refractivity contribution in [2.75, 3.05) is 10.6 Å². The number of halogens is 2. The van der Waals surface area contributed by atoms with Crippen LogP contribution >= 0.6 is 23.2 Å². The van der Waals surface area contributed by atoms with Crippen molar-refractivity contribution in [2.45, 2.75) is 13.8 Å². The Bertz CT molecular complexity index is 862. The van der Waals surface area contributed by atoms with Crippen LogP contribution < -0.4 is 10.6 Å². The topological polar surface area (TPSA) is 62.7 Å². The minimum absolute atomic E-state index is 0.327. The van der Waals surface area contributed by atoms with E-state index in [1.165, 1.54) is 11.1 Å². The van der Waals surface area contributed by atoms with Crippen LogP contribution in [0.4, 0.5) is 23.1 Å². The first-order chi connectivity index (χ1) is 11.5. The summed E-state index contributed by atoms with van der Waals surface area (Å²) in [7, 11) is 0. The van der Waals surface area contributed by atoms with Gasteiger partial charge in [-0.15, -0.1) is 5.10 Å². The van der Waals surface area contributed by atoms with Gasteiger partial charge in [-0.3, -0.25) is 0 Å². The highest BCUT2D eigenvalue weighted by Gasteiger charge is 2.06. The van der Waals surface area contributed by atoms with E-state index in [1.54, 1.807) is 24.4 Å². The monoisotopic (exact) mass is 359 g/mol. The summed E-state index contributed by atoms with van der Waals surface area (Å²) in [6.07, 6.45) is 1.56.